The Morgan fingerprint density at radius 1 is 0.810 bits per heavy atom. The number of rotatable bonds is 3. The van der Waals surface area contributed by atoms with Crippen LogP contribution in [-0.2, 0) is 9.47 Å². The summed E-state index contributed by atoms with van der Waals surface area (Å²) in [5, 5.41) is 7.12. The summed E-state index contributed by atoms with van der Waals surface area (Å²) < 4.78 is 11.0. The predicted molar refractivity (Wildman–Crippen MR) is 83.2 cm³/mol. The van der Waals surface area contributed by atoms with E-state index in [9.17, 15) is 0 Å². The molecule has 21 heavy (non-hydrogen) atoms. The van der Waals surface area contributed by atoms with Crippen LogP contribution >= 0.6 is 0 Å². The first-order chi connectivity index (χ1) is 10.3. The van der Waals surface area contributed by atoms with Crippen molar-refractivity contribution in [1.29, 1.82) is 0 Å². The summed E-state index contributed by atoms with van der Waals surface area (Å²) >= 11 is 0. The van der Waals surface area contributed by atoms with Gasteiger partial charge in [0.15, 0.2) is 0 Å². The fraction of sp³-hybridized carbons (Fsp3) is 0.625. The average molecular weight is 291 g/mol. The number of morpholine rings is 2. The van der Waals surface area contributed by atoms with Gasteiger partial charge in [0.2, 0.25) is 0 Å². The predicted octanol–water partition coefficient (Wildman–Crippen LogP) is 1.60. The van der Waals surface area contributed by atoms with E-state index in [0.717, 1.165) is 52.6 Å². The minimum atomic E-state index is 0.797. The number of anilines is 1. The first-order valence-corrected chi connectivity index (χ1v) is 7.78. The van der Waals surface area contributed by atoms with Crippen molar-refractivity contribution in [1.82, 2.24) is 10.0 Å². The second-order valence-electron chi connectivity index (χ2n) is 5.69. The SMILES string of the molecule is Cc1ccc(N(N2CCOCC2)N2CCOCC2)cc1C. The highest BCUT2D eigenvalue weighted by molar-refractivity contribution is 5.49. The standard InChI is InChI=1S/C16H25N3O2/c1-14-3-4-16(13-15(14)2)19(17-5-9-20-10-6-17)18-7-11-21-12-8-18/h3-4,13H,5-12H2,1-2H3. The molecule has 0 N–H and O–H groups in total. The van der Waals surface area contributed by atoms with E-state index < -0.39 is 0 Å². The van der Waals surface area contributed by atoms with Gasteiger partial charge in [0.1, 0.15) is 0 Å². The molecule has 0 aliphatic carbocycles. The Morgan fingerprint density at radius 2 is 1.33 bits per heavy atom. The van der Waals surface area contributed by atoms with Crippen LogP contribution in [0.15, 0.2) is 18.2 Å². The van der Waals surface area contributed by atoms with Crippen LogP contribution < -0.4 is 5.12 Å². The van der Waals surface area contributed by atoms with Crippen LogP contribution in [0, 0.1) is 13.8 Å². The van der Waals surface area contributed by atoms with Gasteiger partial charge < -0.3 is 9.47 Å². The van der Waals surface area contributed by atoms with Crippen molar-refractivity contribution in [3.8, 4) is 0 Å². The van der Waals surface area contributed by atoms with Gasteiger partial charge in [-0.2, -0.15) is 0 Å². The summed E-state index contributed by atoms with van der Waals surface area (Å²) in [6.07, 6.45) is 0. The van der Waals surface area contributed by atoms with Crippen molar-refractivity contribution in [2.24, 2.45) is 0 Å². The number of hydrazine groups is 2. The molecule has 1 aromatic carbocycles. The smallest absolute Gasteiger partial charge is 0.0710 e. The summed E-state index contributed by atoms with van der Waals surface area (Å²) in [4.78, 5) is 0. The van der Waals surface area contributed by atoms with Crippen molar-refractivity contribution in [2.75, 3.05) is 57.7 Å². The van der Waals surface area contributed by atoms with Crippen molar-refractivity contribution in [3.05, 3.63) is 29.3 Å². The maximum Gasteiger partial charge on any atom is 0.0710 e. The molecule has 0 spiro atoms. The third kappa shape index (κ3) is 3.37. The largest absolute Gasteiger partial charge is 0.379 e. The van der Waals surface area contributed by atoms with Crippen LogP contribution in [0.1, 0.15) is 11.1 Å². The molecule has 5 nitrogen and oxygen atoms in total. The lowest BCUT2D eigenvalue weighted by atomic mass is 10.1. The molecular formula is C16H25N3O2. The number of aryl methyl sites for hydroxylation is 2. The molecule has 0 atom stereocenters. The molecule has 0 bridgehead atoms. The Balaban J connectivity index is 1.87. The molecule has 0 amide bonds. The summed E-state index contributed by atoms with van der Waals surface area (Å²) in [5.41, 5.74) is 3.91. The molecule has 2 saturated heterocycles. The molecule has 2 aliphatic rings. The molecule has 1 aromatic rings. The molecule has 0 unspecified atom stereocenters. The number of benzene rings is 1. The Morgan fingerprint density at radius 3 is 1.81 bits per heavy atom. The summed E-state index contributed by atoms with van der Waals surface area (Å²) in [5.74, 6) is 0. The fourth-order valence-electron chi connectivity index (χ4n) is 2.84. The minimum absolute atomic E-state index is 0.797. The lowest BCUT2D eigenvalue weighted by Crippen LogP contribution is -2.59. The van der Waals surface area contributed by atoms with Crippen LogP contribution in [0.2, 0.25) is 0 Å². The summed E-state index contributed by atoms with van der Waals surface area (Å²) in [7, 11) is 0. The monoisotopic (exact) mass is 291 g/mol. The highest BCUT2D eigenvalue weighted by Gasteiger charge is 2.26. The third-order valence-electron chi connectivity index (χ3n) is 4.23. The van der Waals surface area contributed by atoms with Gasteiger partial charge in [-0.3, -0.25) is 0 Å². The Bertz CT molecular complexity index is 451. The quantitative estimate of drug-likeness (QED) is 0.843. The zero-order valence-electron chi connectivity index (χ0n) is 13.0. The molecule has 3 rings (SSSR count). The number of ether oxygens (including phenoxy) is 2. The minimum Gasteiger partial charge on any atom is -0.379 e. The van der Waals surface area contributed by atoms with Gasteiger partial charge in [0.05, 0.1) is 32.1 Å². The topological polar surface area (TPSA) is 28.2 Å². The van der Waals surface area contributed by atoms with Crippen LogP contribution in [0.3, 0.4) is 0 Å². The van der Waals surface area contributed by atoms with E-state index in [2.05, 4.69) is 47.2 Å². The van der Waals surface area contributed by atoms with E-state index in [1.807, 2.05) is 0 Å². The van der Waals surface area contributed by atoms with Crippen LogP contribution in [0.5, 0.6) is 0 Å². The van der Waals surface area contributed by atoms with E-state index in [4.69, 9.17) is 9.47 Å². The molecule has 2 heterocycles. The van der Waals surface area contributed by atoms with E-state index in [1.54, 1.807) is 0 Å². The van der Waals surface area contributed by atoms with E-state index in [-0.39, 0.29) is 0 Å². The van der Waals surface area contributed by atoms with Gasteiger partial charge in [0.25, 0.3) is 0 Å². The first-order valence-electron chi connectivity index (χ1n) is 7.78. The summed E-state index contributed by atoms with van der Waals surface area (Å²) in [6, 6.07) is 6.70. The Hall–Kier alpha value is -1.14. The third-order valence-corrected chi connectivity index (χ3v) is 4.23. The zero-order valence-corrected chi connectivity index (χ0v) is 13.0. The van der Waals surface area contributed by atoms with Gasteiger partial charge in [0, 0.05) is 26.2 Å². The molecule has 2 fully saturated rings. The molecule has 116 valence electrons. The number of nitrogens with zero attached hydrogens (tertiary/aromatic N) is 3. The number of hydrogen-bond donors (Lipinski definition) is 0. The lowest BCUT2D eigenvalue weighted by molar-refractivity contribution is -0.0389. The van der Waals surface area contributed by atoms with Gasteiger partial charge in [-0.25, -0.2) is 15.1 Å². The molecule has 5 heteroatoms. The van der Waals surface area contributed by atoms with Crippen LogP contribution in [0.4, 0.5) is 5.69 Å². The highest BCUT2D eigenvalue weighted by Crippen LogP contribution is 2.23. The Kier molecular flexibility index (Phi) is 4.75. The fourth-order valence-corrected chi connectivity index (χ4v) is 2.84. The number of hydrogen-bond acceptors (Lipinski definition) is 5. The maximum atomic E-state index is 5.50. The molecule has 2 aliphatic heterocycles. The van der Waals surface area contributed by atoms with E-state index in [0.29, 0.717) is 0 Å². The molecule has 0 radical (unpaired) electrons. The van der Waals surface area contributed by atoms with Crippen molar-refractivity contribution in [2.45, 2.75) is 13.8 Å². The first kappa shape index (κ1) is 14.8. The molecular weight excluding hydrogens is 266 g/mol. The van der Waals surface area contributed by atoms with Gasteiger partial charge in [-0.05, 0) is 37.1 Å². The van der Waals surface area contributed by atoms with Crippen LogP contribution in [-0.4, -0.2) is 62.6 Å². The van der Waals surface area contributed by atoms with Gasteiger partial charge in [-0.15, -0.1) is 0 Å². The molecule has 0 saturated carbocycles. The van der Waals surface area contributed by atoms with Crippen molar-refractivity contribution in [3.63, 3.8) is 0 Å². The van der Waals surface area contributed by atoms with Crippen molar-refractivity contribution >= 4 is 5.69 Å². The summed E-state index contributed by atoms with van der Waals surface area (Å²) in [6.45, 7) is 11.3. The lowest BCUT2D eigenvalue weighted by Gasteiger charge is -2.46. The average Bonchev–Trinajstić information content (AvgIpc) is 2.53. The Labute approximate surface area is 127 Å². The normalized spacial score (nSPS) is 21.4. The highest BCUT2D eigenvalue weighted by atomic mass is 16.5. The van der Waals surface area contributed by atoms with E-state index in [1.165, 1.54) is 16.8 Å². The van der Waals surface area contributed by atoms with E-state index >= 15 is 0 Å². The van der Waals surface area contributed by atoms with Crippen LogP contribution in [0.25, 0.3) is 0 Å². The second kappa shape index (κ2) is 6.75. The maximum absolute atomic E-state index is 5.50. The van der Waals surface area contributed by atoms with Gasteiger partial charge >= 0.3 is 0 Å². The molecule has 0 aromatic heterocycles. The van der Waals surface area contributed by atoms with Gasteiger partial charge in [-0.1, -0.05) is 6.07 Å². The zero-order chi connectivity index (χ0) is 14.7. The van der Waals surface area contributed by atoms with Crippen molar-refractivity contribution < 1.29 is 9.47 Å². The second-order valence-corrected chi connectivity index (χ2v) is 5.69.